The summed E-state index contributed by atoms with van der Waals surface area (Å²) in [6, 6.07) is 6.03. The number of hydrogen-bond acceptors (Lipinski definition) is 3. The maximum absolute atomic E-state index is 12.2. The number of nitrogens with one attached hydrogen (secondary N) is 2. The number of rotatable bonds is 5. The fourth-order valence-corrected chi connectivity index (χ4v) is 2.86. The van der Waals surface area contributed by atoms with Gasteiger partial charge in [0.2, 0.25) is 5.91 Å². The lowest BCUT2D eigenvalue weighted by molar-refractivity contribution is -0.117. The van der Waals surface area contributed by atoms with Crippen molar-refractivity contribution < 1.29 is 4.79 Å². The zero-order valence-corrected chi connectivity index (χ0v) is 12.8. The van der Waals surface area contributed by atoms with E-state index in [1.165, 1.54) is 0 Å². The fourth-order valence-electron chi connectivity index (χ4n) is 2.69. The first-order chi connectivity index (χ1) is 9.61. The summed E-state index contributed by atoms with van der Waals surface area (Å²) in [5.74, 6) is 0.0263. The van der Waals surface area contributed by atoms with E-state index in [4.69, 9.17) is 11.6 Å². The molecule has 1 saturated heterocycles. The largest absolute Gasteiger partial charge is 0.325 e. The van der Waals surface area contributed by atoms with E-state index in [1.807, 2.05) is 32.2 Å². The van der Waals surface area contributed by atoms with Crippen molar-refractivity contribution in [1.82, 2.24) is 10.2 Å². The highest BCUT2D eigenvalue weighted by atomic mass is 35.5. The molecule has 0 saturated carbocycles. The molecule has 5 heteroatoms. The van der Waals surface area contributed by atoms with Gasteiger partial charge < -0.3 is 10.6 Å². The zero-order chi connectivity index (χ0) is 14.5. The molecule has 0 spiro atoms. The van der Waals surface area contributed by atoms with Crippen molar-refractivity contribution in [1.29, 1.82) is 0 Å². The number of nitrogens with zero attached hydrogens (tertiary/aromatic N) is 1. The Bertz CT molecular complexity index is 478. The number of halogens is 1. The number of carbonyl (C=O) groups excluding carboxylic acids is 1. The third-order valence-electron chi connectivity index (χ3n) is 3.83. The molecule has 0 aliphatic carbocycles. The van der Waals surface area contributed by atoms with Crippen LogP contribution in [0.5, 0.6) is 0 Å². The predicted octanol–water partition coefficient (Wildman–Crippen LogP) is 2.27. The van der Waals surface area contributed by atoms with Crippen molar-refractivity contribution >= 4 is 23.2 Å². The highest BCUT2D eigenvalue weighted by Gasteiger charge is 2.25. The normalized spacial score (nSPS) is 19.2. The molecule has 1 unspecified atom stereocenters. The van der Waals surface area contributed by atoms with Gasteiger partial charge in [-0.25, -0.2) is 0 Å². The Morgan fingerprint density at radius 3 is 3.05 bits per heavy atom. The minimum atomic E-state index is 0.0263. The molecule has 1 aliphatic heterocycles. The third kappa shape index (κ3) is 3.72. The molecule has 0 radical (unpaired) electrons. The van der Waals surface area contributed by atoms with E-state index in [1.54, 1.807) is 0 Å². The van der Waals surface area contributed by atoms with Crippen LogP contribution in [0.4, 0.5) is 5.69 Å². The Labute approximate surface area is 125 Å². The maximum atomic E-state index is 12.2. The minimum absolute atomic E-state index is 0.0263. The van der Waals surface area contributed by atoms with Crippen LogP contribution in [0.3, 0.4) is 0 Å². The second-order valence-corrected chi connectivity index (χ2v) is 5.69. The zero-order valence-electron chi connectivity index (χ0n) is 12.1. The van der Waals surface area contributed by atoms with E-state index < -0.39 is 0 Å². The molecule has 0 bridgehead atoms. The number of likely N-dealkylation sites (N-methyl/N-ethyl adjacent to an activating group) is 1. The summed E-state index contributed by atoms with van der Waals surface area (Å²) < 4.78 is 0. The van der Waals surface area contributed by atoms with Gasteiger partial charge in [0.1, 0.15) is 0 Å². The van der Waals surface area contributed by atoms with Gasteiger partial charge in [-0.05, 0) is 51.1 Å². The molecule has 1 aromatic rings. The van der Waals surface area contributed by atoms with Gasteiger partial charge in [-0.3, -0.25) is 9.69 Å². The van der Waals surface area contributed by atoms with Crippen molar-refractivity contribution in [2.24, 2.45) is 0 Å². The number of likely N-dealkylation sites (tertiary alicyclic amines) is 1. The van der Waals surface area contributed by atoms with Crippen LogP contribution in [-0.4, -0.2) is 43.5 Å². The molecule has 1 aromatic carbocycles. The number of benzene rings is 1. The Balaban J connectivity index is 1.94. The van der Waals surface area contributed by atoms with E-state index in [2.05, 4.69) is 15.5 Å². The lowest BCUT2D eigenvalue weighted by atomic mass is 10.2. The number of carbonyl (C=O) groups is 1. The molecule has 1 atom stereocenters. The quantitative estimate of drug-likeness (QED) is 0.876. The van der Waals surface area contributed by atoms with Gasteiger partial charge in [0, 0.05) is 23.3 Å². The third-order valence-corrected chi connectivity index (χ3v) is 4.24. The summed E-state index contributed by atoms with van der Waals surface area (Å²) in [5, 5.41) is 6.82. The smallest absolute Gasteiger partial charge is 0.238 e. The Morgan fingerprint density at radius 1 is 1.50 bits per heavy atom. The van der Waals surface area contributed by atoms with Gasteiger partial charge >= 0.3 is 0 Å². The standard InChI is InChI=1S/C15H22ClN3O/c1-11-13(16)6-3-7-14(11)18-15(20)10-19-8-4-5-12(19)9-17-2/h3,6-7,12,17H,4-5,8-10H2,1-2H3,(H,18,20). The predicted molar refractivity (Wildman–Crippen MR) is 83.3 cm³/mol. The van der Waals surface area contributed by atoms with Gasteiger partial charge in [0.15, 0.2) is 0 Å². The van der Waals surface area contributed by atoms with Crippen molar-refractivity contribution in [2.45, 2.75) is 25.8 Å². The van der Waals surface area contributed by atoms with Crippen LogP contribution in [0, 0.1) is 6.92 Å². The molecule has 20 heavy (non-hydrogen) atoms. The van der Waals surface area contributed by atoms with Crippen molar-refractivity contribution in [3.63, 3.8) is 0 Å². The van der Waals surface area contributed by atoms with Crippen LogP contribution < -0.4 is 10.6 Å². The molecule has 0 aromatic heterocycles. The molecule has 110 valence electrons. The van der Waals surface area contributed by atoms with Crippen molar-refractivity contribution in [2.75, 3.05) is 32.0 Å². The monoisotopic (exact) mass is 295 g/mol. The van der Waals surface area contributed by atoms with E-state index >= 15 is 0 Å². The van der Waals surface area contributed by atoms with E-state index in [-0.39, 0.29) is 5.91 Å². The summed E-state index contributed by atoms with van der Waals surface area (Å²) >= 11 is 6.06. The van der Waals surface area contributed by atoms with E-state index in [0.717, 1.165) is 37.2 Å². The molecular weight excluding hydrogens is 274 g/mol. The molecular formula is C15H22ClN3O. The van der Waals surface area contributed by atoms with Gasteiger partial charge in [-0.15, -0.1) is 0 Å². The second-order valence-electron chi connectivity index (χ2n) is 5.28. The fraction of sp³-hybridized carbons (Fsp3) is 0.533. The lowest BCUT2D eigenvalue weighted by Crippen LogP contribution is -2.41. The Kier molecular flexibility index (Phi) is 5.40. The Morgan fingerprint density at radius 2 is 2.30 bits per heavy atom. The first-order valence-electron chi connectivity index (χ1n) is 7.05. The minimum Gasteiger partial charge on any atom is -0.325 e. The SMILES string of the molecule is CNCC1CCCN1CC(=O)Nc1cccc(Cl)c1C. The van der Waals surface area contributed by atoms with Crippen molar-refractivity contribution in [3.05, 3.63) is 28.8 Å². The molecule has 2 rings (SSSR count). The van der Waals surface area contributed by atoms with E-state index in [9.17, 15) is 4.79 Å². The van der Waals surface area contributed by atoms with Gasteiger partial charge in [-0.2, -0.15) is 0 Å². The number of anilines is 1. The first-order valence-corrected chi connectivity index (χ1v) is 7.43. The van der Waals surface area contributed by atoms with Crippen LogP contribution in [0.25, 0.3) is 0 Å². The summed E-state index contributed by atoms with van der Waals surface area (Å²) in [5.41, 5.74) is 1.71. The van der Waals surface area contributed by atoms with Crippen LogP contribution in [0.15, 0.2) is 18.2 Å². The van der Waals surface area contributed by atoms with Crippen LogP contribution >= 0.6 is 11.6 Å². The van der Waals surface area contributed by atoms with Crippen LogP contribution in [0.1, 0.15) is 18.4 Å². The molecule has 2 N–H and O–H groups in total. The second kappa shape index (κ2) is 7.07. The van der Waals surface area contributed by atoms with Crippen LogP contribution in [0.2, 0.25) is 5.02 Å². The van der Waals surface area contributed by atoms with Crippen LogP contribution in [-0.2, 0) is 4.79 Å². The average molecular weight is 296 g/mol. The summed E-state index contributed by atoms with van der Waals surface area (Å²) in [6.07, 6.45) is 2.32. The number of amides is 1. The van der Waals surface area contributed by atoms with Gasteiger partial charge in [-0.1, -0.05) is 17.7 Å². The first kappa shape index (κ1) is 15.3. The molecule has 1 heterocycles. The Hall–Kier alpha value is -1.10. The van der Waals surface area contributed by atoms with Gasteiger partial charge in [0.25, 0.3) is 0 Å². The molecule has 1 amide bonds. The van der Waals surface area contributed by atoms with Crippen molar-refractivity contribution in [3.8, 4) is 0 Å². The summed E-state index contributed by atoms with van der Waals surface area (Å²) in [4.78, 5) is 14.4. The molecule has 1 aliphatic rings. The highest BCUT2D eigenvalue weighted by molar-refractivity contribution is 6.31. The molecule has 1 fully saturated rings. The lowest BCUT2D eigenvalue weighted by Gasteiger charge is -2.23. The van der Waals surface area contributed by atoms with E-state index in [0.29, 0.717) is 17.6 Å². The topological polar surface area (TPSA) is 44.4 Å². The molecule has 4 nitrogen and oxygen atoms in total. The van der Waals surface area contributed by atoms with Gasteiger partial charge in [0.05, 0.1) is 6.54 Å². The highest BCUT2D eigenvalue weighted by Crippen LogP contribution is 2.23. The number of hydrogen-bond donors (Lipinski definition) is 2. The summed E-state index contributed by atoms with van der Waals surface area (Å²) in [6.45, 7) is 4.29. The maximum Gasteiger partial charge on any atom is 0.238 e. The summed E-state index contributed by atoms with van der Waals surface area (Å²) in [7, 11) is 1.95. The average Bonchev–Trinajstić information content (AvgIpc) is 2.83.